The Balaban J connectivity index is 1.67. The van der Waals surface area contributed by atoms with Crippen molar-refractivity contribution in [1.29, 1.82) is 0 Å². The van der Waals surface area contributed by atoms with Gasteiger partial charge in [-0.3, -0.25) is 9.59 Å². The molecule has 0 aliphatic carbocycles. The highest BCUT2D eigenvalue weighted by molar-refractivity contribution is 6.02. The first-order valence-electron chi connectivity index (χ1n) is 11.1. The minimum absolute atomic E-state index is 0.0172. The van der Waals surface area contributed by atoms with Crippen LogP contribution in [0.25, 0.3) is 16.5 Å². The van der Waals surface area contributed by atoms with Crippen LogP contribution < -0.4 is 11.0 Å². The molecule has 0 unspecified atom stereocenters. The molecule has 8 nitrogen and oxygen atoms in total. The van der Waals surface area contributed by atoms with Gasteiger partial charge in [-0.1, -0.05) is 30.3 Å². The third-order valence-electron chi connectivity index (χ3n) is 5.40. The van der Waals surface area contributed by atoms with E-state index >= 15 is 0 Å². The standard InChI is InChI=1S/C27H22FN3O5/c1-2-36-27(35)18-9-13-20(14-10-18)31-25(33)22-6-4-3-5-21(22)23(26(31)34)16-29-30-24(32)15-17-7-11-19(28)12-8-17/h3-14,16,34H,2,15H2,1H3,(H,30,32)/b29-16-. The number of hydrogen-bond acceptors (Lipinski definition) is 6. The zero-order valence-corrected chi connectivity index (χ0v) is 19.3. The minimum atomic E-state index is -0.497. The van der Waals surface area contributed by atoms with Crippen molar-refractivity contribution in [2.75, 3.05) is 6.61 Å². The van der Waals surface area contributed by atoms with Crippen LogP contribution in [-0.2, 0) is 16.0 Å². The number of rotatable bonds is 7. The van der Waals surface area contributed by atoms with E-state index in [-0.39, 0.29) is 24.5 Å². The van der Waals surface area contributed by atoms with Gasteiger partial charge in [0.05, 0.1) is 36.1 Å². The number of hydrogen-bond donors (Lipinski definition) is 2. The van der Waals surface area contributed by atoms with Crippen molar-refractivity contribution in [3.8, 4) is 11.6 Å². The Morgan fingerprint density at radius 2 is 1.69 bits per heavy atom. The number of esters is 1. The summed E-state index contributed by atoms with van der Waals surface area (Å²) in [4.78, 5) is 37.4. The van der Waals surface area contributed by atoms with Crippen molar-refractivity contribution >= 4 is 28.9 Å². The van der Waals surface area contributed by atoms with E-state index in [1.165, 1.54) is 54.7 Å². The summed E-state index contributed by atoms with van der Waals surface area (Å²) in [6, 6.07) is 18.2. The lowest BCUT2D eigenvalue weighted by Gasteiger charge is -2.14. The molecule has 0 spiro atoms. The Hall–Kier alpha value is -4.79. The number of benzene rings is 3. The van der Waals surface area contributed by atoms with Crippen molar-refractivity contribution in [2.45, 2.75) is 13.3 Å². The number of ether oxygens (including phenoxy) is 1. The summed E-state index contributed by atoms with van der Waals surface area (Å²) in [6.07, 6.45) is 1.24. The van der Waals surface area contributed by atoms with Gasteiger partial charge in [0.15, 0.2) is 0 Å². The van der Waals surface area contributed by atoms with Crippen LogP contribution in [0.1, 0.15) is 28.4 Å². The SMILES string of the molecule is CCOC(=O)c1ccc(-n2c(O)c(/C=N\NC(=O)Cc3ccc(F)cc3)c3ccccc3c2=O)cc1. The maximum absolute atomic E-state index is 13.2. The Morgan fingerprint density at radius 3 is 2.36 bits per heavy atom. The monoisotopic (exact) mass is 487 g/mol. The quantitative estimate of drug-likeness (QED) is 0.235. The zero-order valence-electron chi connectivity index (χ0n) is 19.3. The number of amides is 1. The summed E-state index contributed by atoms with van der Waals surface area (Å²) >= 11 is 0. The Morgan fingerprint density at radius 1 is 1.03 bits per heavy atom. The molecular formula is C27H22FN3O5. The van der Waals surface area contributed by atoms with Gasteiger partial charge in [0.25, 0.3) is 5.56 Å². The van der Waals surface area contributed by atoms with Crippen molar-refractivity contribution in [3.05, 3.63) is 106 Å². The van der Waals surface area contributed by atoms with Crippen LogP contribution >= 0.6 is 0 Å². The highest BCUT2D eigenvalue weighted by atomic mass is 19.1. The predicted molar refractivity (Wildman–Crippen MR) is 133 cm³/mol. The lowest BCUT2D eigenvalue weighted by Crippen LogP contribution is -2.22. The van der Waals surface area contributed by atoms with Gasteiger partial charge >= 0.3 is 5.97 Å². The number of aromatic nitrogens is 1. The molecule has 0 saturated heterocycles. The number of hydrazone groups is 1. The lowest BCUT2D eigenvalue weighted by atomic mass is 10.1. The van der Waals surface area contributed by atoms with Crippen LogP contribution in [0.4, 0.5) is 4.39 Å². The fraction of sp³-hybridized carbons (Fsp3) is 0.111. The molecule has 0 radical (unpaired) electrons. The molecule has 0 bridgehead atoms. The van der Waals surface area contributed by atoms with Crippen molar-refractivity contribution in [1.82, 2.24) is 9.99 Å². The molecular weight excluding hydrogens is 465 g/mol. The molecule has 3 aromatic carbocycles. The molecule has 36 heavy (non-hydrogen) atoms. The van der Waals surface area contributed by atoms with E-state index in [1.54, 1.807) is 31.2 Å². The zero-order chi connectivity index (χ0) is 25.7. The highest BCUT2D eigenvalue weighted by Crippen LogP contribution is 2.26. The third kappa shape index (κ3) is 5.15. The number of nitrogens with zero attached hydrogens (tertiary/aromatic N) is 2. The minimum Gasteiger partial charge on any atom is -0.494 e. The maximum Gasteiger partial charge on any atom is 0.338 e. The van der Waals surface area contributed by atoms with Gasteiger partial charge in [0, 0.05) is 10.8 Å². The average Bonchev–Trinajstić information content (AvgIpc) is 2.88. The third-order valence-corrected chi connectivity index (χ3v) is 5.40. The van der Waals surface area contributed by atoms with Gasteiger partial charge in [0.2, 0.25) is 11.8 Å². The van der Waals surface area contributed by atoms with Crippen molar-refractivity contribution in [2.24, 2.45) is 5.10 Å². The molecule has 182 valence electrons. The van der Waals surface area contributed by atoms with Gasteiger partial charge in [-0.05, 0) is 55.0 Å². The summed E-state index contributed by atoms with van der Waals surface area (Å²) in [5.41, 5.74) is 3.36. The van der Waals surface area contributed by atoms with Crippen molar-refractivity contribution in [3.63, 3.8) is 0 Å². The molecule has 0 aliphatic rings. The van der Waals surface area contributed by atoms with E-state index in [0.29, 0.717) is 27.6 Å². The molecule has 0 aliphatic heterocycles. The first-order valence-corrected chi connectivity index (χ1v) is 11.1. The summed E-state index contributed by atoms with van der Waals surface area (Å²) in [6.45, 7) is 1.93. The van der Waals surface area contributed by atoms with E-state index in [2.05, 4.69) is 10.5 Å². The molecule has 0 fully saturated rings. The first kappa shape index (κ1) is 24.3. The Bertz CT molecular complexity index is 1510. The van der Waals surface area contributed by atoms with Crippen LogP contribution in [0.15, 0.2) is 82.7 Å². The topological polar surface area (TPSA) is 110 Å². The smallest absolute Gasteiger partial charge is 0.338 e. The number of pyridine rings is 1. The number of nitrogens with one attached hydrogen (secondary N) is 1. The summed E-state index contributed by atoms with van der Waals surface area (Å²) < 4.78 is 19.1. The fourth-order valence-electron chi connectivity index (χ4n) is 3.69. The molecule has 4 aromatic rings. The normalized spacial score (nSPS) is 11.1. The molecule has 2 N–H and O–H groups in total. The highest BCUT2D eigenvalue weighted by Gasteiger charge is 2.17. The van der Waals surface area contributed by atoms with Gasteiger partial charge < -0.3 is 9.84 Å². The molecule has 1 aromatic heterocycles. The van der Waals surface area contributed by atoms with Gasteiger partial charge in [-0.25, -0.2) is 19.2 Å². The summed E-state index contributed by atoms with van der Waals surface area (Å²) in [5.74, 6) is -1.72. The van der Waals surface area contributed by atoms with E-state index in [1.807, 2.05) is 0 Å². The average molecular weight is 487 g/mol. The summed E-state index contributed by atoms with van der Waals surface area (Å²) in [5, 5.41) is 15.8. The molecule has 0 saturated carbocycles. The molecule has 1 heterocycles. The van der Waals surface area contributed by atoms with Crippen LogP contribution in [0.3, 0.4) is 0 Å². The second-order valence-electron chi connectivity index (χ2n) is 7.79. The van der Waals surface area contributed by atoms with E-state index < -0.39 is 23.3 Å². The molecule has 4 rings (SSSR count). The van der Waals surface area contributed by atoms with Gasteiger partial charge in [-0.2, -0.15) is 5.10 Å². The van der Waals surface area contributed by atoms with Gasteiger partial charge in [-0.15, -0.1) is 0 Å². The van der Waals surface area contributed by atoms with Crippen LogP contribution in [0.2, 0.25) is 0 Å². The van der Waals surface area contributed by atoms with E-state index in [9.17, 15) is 23.9 Å². The number of carbonyl (C=O) groups excluding carboxylic acids is 2. The number of halogens is 1. The Kier molecular flexibility index (Phi) is 7.20. The van der Waals surface area contributed by atoms with Crippen molar-refractivity contribution < 1.29 is 23.8 Å². The molecule has 1 amide bonds. The Labute approximate surface area is 205 Å². The number of carbonyl (C=O) groups is 2. The largest absolute Gasteiger partial charge is 0.494 e. The van der Waals surface area contributed by atoms with Crippen LogP contribution in [0, 0.1) is 5.82 Å². The van der Waals surface area contributed by atoms with Gasteiger partial charge in [0.1, 0.15) is 5.82 Å². The molecule has 0 atom stereocenters. The second-order valence-corrected chi connectivity index (χ2v) is 7.79. The second kappa shape index (κ2) is 10.6. The maximum atomic E-state index is 13.2. The van der Waals surface area contributed by atoms with E-state index in [0.717, 1.165) is 4.57 Å². The fourth-order valence-corrected chi connectivity index (χ4v) is 3.69. The van der Waals surface area contributed by atoms with E-state index in [4.69, 9.17) is 4.74 Å². The first-order chi connectivity index (χ1) is 17.4. The molecule has 9 heteroatoms. The van der Waals surface area contributed by atoms with Crippen LogP contribution in [-0.4, -0.2) is 34.4 Å². The predicted octanol–water partition coefficient (Wildman–Crippen LogP) is 3.70. The summed E-state index contributed by atoms with van der Waals surface area (Å²) in [7, 11) is 0. The number of fused-ring (bicyclic) bond motifs is 1. The van der Waals surface area contributed by atoms with Crippen LogP contribution in [0.5, 0.6) is 5.88 Å². The number of aromatic hydroxyl groups is 1. The lowest BCUT2D eigenvalue weighted by molar-refractivity contribution is -0.120.